The summed E-state index contributed by atoms with van der Waals surface area (Å²) < 4.78 is 5.31. The monoisotopic (exact) mass is 287 g/mol. The van der Waals surface area contributed by atoms with E-state index in [2.05, 4.69) is 11.0 Å². The third-order valence-electron chi connectivity index (χ3n) is 5.31. The molecule has 2 fully saturated rings. The molecule has 4 rings (SSSR count). The maximum absolute atomic E-state index is 10.8. The van der Waals surface area contributed by atoms with Gasteiger partial charge in [-0.3, -0.25) is 4.90 Å². The largest absolute Gasteiger partial charge is 0.497 e. The summed E-state index contributed by atoms with van der Waals surface area (Å²) in [6.07, 6.45) is 6.15. The van der Waals surface area contributed by atoms with Gasteiger partial charge in [0, 0.05) is 19.1 Å². The topological polar surface area (TPSA) is 32.7 Å². The van der Waals surface area contributed by atoms with Crippen LogP contribution < -0.4 is 4.74 Å². The number of hydrogen-bond acceptors (Lipinski definition) is 3. The first kappa shape index (κ1) is 13.6. The van der Waals surface area contributed by atoms with E-state index in [0.29, 0.717) is 0 Å². The summed E-state index contributed by atoms with van der Waals surface area (Å²) in [6.45, 7) is 2.37. The van der Waals surface area contributed by atoms with Crippen molar-refractivity contribution in [1.82, 2.24) is 4.90 Å². The number of fused-ring (bicyclic) bond motifs is 1. The van der Waals surface area contributed by atoms with E-state index in [1.807, 2.05) is 12.1 Å². The second kappa shape index (κ2) is 5.29. The lowest BCUT2D eigenvalue weighted by Gasteiger charge is -2.31. The highest BCUT2D eigenvalue weighted by molar-refractivity contribution is 5.41. The van der Waals surface area contributed by atoms with Crippen LogP contribution in [0.1, 0.15) is 42.9 Å². The first-order valence-corrected chi connectivity index (χ1v) is 8.33. The van der Waals surface area contributed by atoms with Crippen molar-refractivity contribution in [3.05, 3.63) is 29.3 Å². The van der Waals surface area contributed by atoms with E-state index in [1.54, 1.807) is 7.11 Å². The van der Waals surface area contributed by atoms with Crippen LogP contribution in [-0.2, 0) is 6.42 Å². The lowest BCUT2D eigenvalue weighted by Crippen LogP contribution is -2.41. The predicted octanol–water partition coefficient (Wildman–Crippen LogP) is 2.78. The van der Waals surface area contributed by atoms with Crippen molar-refractivity contribution in [2.75, 3.05) is 20.2 Å². The summed E-state index contributed by atoms with van der Waals surface area (Å²) in [4.78, 5) is 2.59. The number of benzene rings is 1. The summed E-state index contributed by atoms with van der Waals surface area (Å²) in [5, 5.41) is 10.8. The average Bonchev–Trinajstić information content (AvgIpc) is 3.41. The summed E-state index contributed by atoms with van der Waals surface area (Å²) in [6, 6.07) is 6.43. The molecule has 0 saturated heterocycles. The Bertz CT molecular complexity index is 508. The molecule has 0 aromatic heterocycles. The van der Waals surface area contributed by atoms with Crippen LogP contribution in [0.15, 0.2) is 18.2 Å². The zero-order chi connectivity index (χ0) is 14.4. The van der Waals surface area contributed by atoms with E-state index < -0.39 is 0 Å². The van der Waals surface area contributed by atoms with Gasteiger partial charge in [0.05, 0.1) is 13.2 Å². The lowest BCUT2D eigenvalue weighted by atomic mass is 10.1. The quantitative estimate of drug-likeness (QED) is 0.873. The van der Waals surface area contributed by atoms with Crippen LogP contribution in [0.5, 0.6) is 5.75 Å². The Balaban J connectivity index is 1.53. The molecule has 3 aliphatic rings. The Morgan fingerprint density at radius 1 is 1.14 bits per heavy atom. The van der Waals surface area contributed by atoms with Gasteiger partial charge in [-0.1, -0.05) is 6.07 Å². The summed E-state index contributed by atoms with van der Waals surface area (Å²) in [5.41, 5.74) is 2.38. The van der Waals surface area contributed by atoms with E-state index >= 15 is 0 Å². The molecule has 21 heavy (non-hydrogen) atoms. The molecule has 2 atom stereocenters. The summed E-state index contributed by atoms with van der Waals surface area (Å²) in [5.74, 6) is 2.62. The molecule has 3 heteroatoms. The molecule has 1 N–H and O–H groups in total. The molecule has 0 spiro atoms. The Kier molecular flexibility index (Phi) is 3.43. The first-order valence-electron chi connectivity index (χ1n) is 8.33. The van der Waals surface area contributed by atoms with E-state index in [0.717, 1.165) is 29.6 Å². The third-order valence-corrected chi connectivity index (χ3v) is 5.31. The molecule has 0 radical (unpaired) electrons. The van der Waals surface area contributed by atoms with E-state index in [1.165, 1.54) is 44.3 Å². The number of ether oxygens (including phenoxy) is 1. The highest BCUT2D eigenvalue weighted by Gasteiger charge is 2.39. The molecule has 114 valence electrons. The number of nitrogens with zero attached hydrogens (tertiary/aromatic N) is 1. The van der Waals surface area contributed by atoms with Gasteiger partial charge in [-0.15, -0.1) is 0 Å². The van der Waals surface area contributed by atoms with Gasteiger partial charge in [-0.05, 0) is 67.2 Å². The van der Waals surface area contributed by atoms with Gasteiger partial charge in [-0.2, -0.15) is 0 Å². The highest BCUT2D eigenvalue weighted by atomic mass is 16.5. The number of methoxy groups -OCH3 is 1. The Morgan fingerprint density at radius 2 is 1.81 bits per heavy atom. The average molecular weight is 287 g/mol. The van der Waals surface area contributed by atoms with Crippen LogP contribution in [-0.4, -0.2) is 36.2 Å². The molecular formula is C18H25NO2. The molecule has 1 aromatic carbocycles. The van der Waals surface area contributed by atoms with Crippen LogP contribution in [0, 0.1) is 11.8 Å². The van der Waals surface area contributed by atoms with Crippen molar-refractivity contribution in [2.24, 2.45) is 11.8 Å². The van der Waals surface area contributed by atoms with Crippen molar-refractivity contribution < 1.29 is 9.84 Å². The molecule has 3 aliphatic carbocycles. The number of hydrogen-bond donors (Lipinski definition) is 1. The van der Waals surface area contributed by atoms with E-state index in [-0.39, 0.29) is 12.1 Å². The highest BCUT2D eigenvalue weighted by Crippen LogP contribution is 2.41. The van der Waals surface area contributed by atoms with E-state index in [9.17, 15) is 5.11 Å². The fourth-order valence-electron chi connectivity index (χ4n) is 3.64. The maximum atomic E-state index is 10.8. The Labute approximate surface area is 126 Å². The van der Waals surface area contributed by atoms with Gasteiger partial charge in [0.15, 0.2) is 0 Å². The van der Waals surface area contributed by atoms with Crippen LogP contribution in [0.3, 0.4) is 0 Å². The Morgan fingerprint density at radius 3 is 2.38 bits per heavy atom. The fourth-order valence-corrected chi connectivity index (χ4v) is 3.64. The number of rotatable bonds is 6. The van der Waals surface area contributed by atoms with Crippen LogP contribution in [0.4, 0.5) is 0 Å². The van der Waals surface area contributed by atoms with Gasteiger partial charge in [0.2, 0.25) is 0 Å². The second-order valence-electron chi connectivity index (χ2n) is 7.12. The maximum Gasteiger partial charge on any atom is 0.119 e. The van der Waals surface area contributed by atoms with Gasteiger partial charge in [0.25, 0.3) is 0 Å². The van der Waals surface area contributed by atoms with Gasteiger partial charge < -0.3 is 9.84 Å². The molecule has 2 saturated carbocycles. The standard InChI is InChI=1S/C18H25NO2/c1-21-15-7-6-14-8-17(18(20)16(14)9-15)19(10-12-2-3-12)11-13-4-5-13/h6-7,9,12-13,17-18,20H,2-5,8,10-11H2,1H3. The van der Waals surface area contributed by atoms with Crippen LogP contribution in [0.2, 0.25) is 0 Å². The number of aliphatic hydroxyl groups is 1. The van der Waals surface area contributed by atoms with Crippen molar-refractivity contribution in [3.8, 4) is 5.75 Å². The summed E-state index contributed by atoms with van der Waals surface area (Å²) in [7, 11) is 1.69. The van der Waals surface area contributed by atoms with Crippen LogP contribution >= 0.6 is 0 Å². The lowest BCUT2D eigenvalue weighted by molar-refractivity contribution is 0.0547. The molecule has 0 heterocycles. The van der Waals surface area contributed by atoms with E-state index in [4.69, 9.17) is 4.74 Å². The normalized spacial score (nSPS) is 28.0. The minimum absolute atomic E-state index is 0.272. The van der Waals surface area contributed by atoms with Gasteiger partial charge in [-0.25, -0.2) is 0 Å². The molecule has 3 nitrogen and oxygen atoms in total. The molecular weight excluding hydrogens is 262 g/mol. The zero-order valence-corrected chi connectivity index (χ0v) is 12.8. The third kappa shape index (κ3) is 2.82. The molecule has 0 amide bonds. The van der Waals surface area contributed by atoms with Crippen molar-refractivity contribution in [2.45, 2.75) is 44.2 Å². The molecule has 0 bridgehead atoms. The van der Waals surface area contributed by atoms with Crippen molar-refractivity contribution in [1.29, 1.82) is 0 Å². The van der Waals surface area contributed by atoms with Crippen molar-refractivity contribution in [3.63, 3.8) is 0 Å². The minimum atomic E-state index is -0.354. The Hall–Kier alpha value is -1.06. The molecule has 2 unspecified atom stereocenters. The first-order chi connectivity index (χ1) is 10.2. The minimum Gasteiger partial charge on any atom is -0.497 e. The molecule has 0 aliphatic heterocycles. The molecule has 1 aromatic rings. The van der Waals surface area contributed by atoms with Crippen molar-refractivity contribution >= 4 is 0 Å². The SMILES string of the molecule is COc1ccc2c(c1)C(O)C(N(CC1CC1)CC1CC1)C2. The van der Waals surface area contributed by atoms with Gasteiger partial charge in [0.1, 0.15) is 5.75 Å². The zero-order valence-electron chi connectivity index (χ0n) is 12.8. The second-order valence-corrected chi connectivity index (χ2v) is 7.12. The van der Waals surface area contributed by atoms with Gasteiger partial charge >= 0.3 is 0 Å². The number of aliphatic hydroxyl groups excluding tert-OH is 1. The smallest absolute Gasteiger partial charge is 0.119 e. The fraction of sp³-hybridized carbons (Fsp3) is 0.667. The predicted molar refractivity (Wildman–Crippen MR) is 82.5 cm³/mol. The van der Waals surface area contributed by atoms with Crippen LogP contribution in [0.25, 0.3) is 0 Å². The summed E-state index contributed by atoms with van der Waals surface area (Å²) >= 11 is 0.